The molecule has 7 heteroatoms. The minimum atomic E-state index is -2.95. The van der Waals surface area contributed by atoms with Crippen LogP contribution in [-0.2, 0) is 21.2 Å². The maximum Gasteiger partial charge on any atom is 0.222 e. The molecule has 1 amide bonds. The molecular formula is C19H25N3O3S. The van der Waals surface area contributed by atoms with Crippen molar-refractivity contribution in [3.8, 4) is 5.69 Å². The molecule has 1 fully saturated rings. The normalized spacial score (nSPS) is 18.8. The highest BCUT2D eigenvalue weighted by Gasteiger charge is 2.30. The van der Waals surface area contributed by atoms with Gasteiger partial charge >= 0.3 is 0 Å². The van der Waals surface area contributed by atoms with Crippen LogP contribution in [0.3, 0.4) is 0 Å². The number of benzene rings is 1. The summed E-state index contributed by atoms with van der Waals surface area (Å²) in [5.74, 6) is 0.273. The molecule has 140 valence electrons. The van der Waals surface area contributed by atoms with Gasteiger partial charge in [0.25, 0.3) is 0 Å². The second-order valence-electron chi connectivity index (χ2n) is 7.12. The first-order valence-corrected chi connectivity index (χ1v) is 10.6. The van der Waals surface area contributed by atoms with E-state index >= 15 is 0 Å². The van der Waals surface area contributed by atoms with Gasteiger partial charge < -0.3 is 4.90 Å². The summed E-state index contributed by atoms with van der Waals surface area (Å²) in [6, 6.07) is 9.90. The van der Waals surface area contributed by atoms with Crippen molar-refractivity contribution in [1.29, 1.82) is 0 Å². The number of amides is 1. The highest BCUT2D eigenvalue weighted by Crippen LogP contribution is 2.24. The molecule has 0 radical (unpaired) electrons. The minimum Gasteiger partial charge on any atom is -0.341 e. The van der Waals surface area contributed by atoms with Gasteiger partial charge in [0.05, 0.1) is 22.9 Å². The Morgan fingerprint density at radius 3 is 2.58 bits per heavy atom. The predicted molar refractivity (Wildman–Crippen MR) is 101 cm³/mol. The van der Waals surface area contributed by atoms with E-state index in [1.165, 1.54) is 0 Å². The van der Waals surface area contributed by atoms with Crippen LogP contribution in [0.5, 0.6) is 0 Å². The van der Waals surface area contributed by atoms with Crippen LogP contribution in [0.25, 0.3) is 5.69 Å². The molecule has 1 aliphatic heterocycles. The molecule has 0 spiro atoms. The summed E-state index contributed by atoms with van der Waals surface area (Å²) in [5, 5.41) is 4.61. The molecule has 3 rings (SSSR count). The summed E-state index contributed by atoms with van der Waals surface area (Å²) in [6.45, 7) is 4.43. The molecule has 1 aromatic heterocycles. The van der Waals surface area contributed by atoms with Crippen molar-refractivity contribution in [2.45, 2.75) is 33.2 Å². The summed E-state index contributed by atoms with van der Waals surface area (Å²) in [7, 11) is -1.18. The van der Waals surface area contributed by atoms with E-state index in [9.17, 15) is 13.2 Å². The quantitative estimate of drug-likeness (QED) is 0.804. The molecule has 0 N–H and O–H groups in total. The lowest BCUT2D eigenvalue weighted by Crippen LogP contribution is -2.28. The number of hydrogen-bond donors (Lipinski definition) is 0. The first kappa shape index (κ1) is 18.6. The van der Waals surface area contributed by atoms with Crippen molar-refractivity contribution in [3.63, 3.8) is 0 Å². The fraction of sp³-hybridized carbons (Fsp3) is 0.474. The van der Waals surface area contributed by atoms with Gasteiger partial charge in [0, 0.05) is 31.3 Å². The van der Waals surface area contributed by atoms with Crippen LogP contribution in [0.4, 0.5) is 0 Å². The Balaban J connectivity index is 1.70. The zero-order chi connectivity index (χ0) is 18.9. The number of para-hydroxylation sites is 1. The van der Waals surface area contributed by atoms with Crippen LogP contribution in [0.15, 0.2) is 30.3 Å². The molecule has 1 atom stereocenters. The third-order valence-corrected chi connectivity index (χ3v) is 6.89. The van der Waals surface area contributed by atoms with E-state index in [4.69, 9.17) is 0 Å². The van der Waals surface area contributed by atoms with Crippen LogP contribution in [-0.4, -0.2) is 47.6 Å². The van der Waals surface area contributed by atoms with Gasteiger partial charge in [-0.3, -0.25) is 4.79 Å². The number of aromatic nitrogens is 2. The number of carbonyl (C=O) groups is 1. The predicted octanol–water partition coefficient (Wildman–Crippen LogP) is 2.27. The van der Waals surface area contributed by atoms with E-state index in [-0.39, 0.29) is 23.3 Å². The van der Waals surface area contributed by atoms with Gasteiger partial charge in [-0.1, -0.05) is 18.2 Å². The zero-order valence-corrected chi connectivity index (χ0v) is 16.3. The molecular weight excluding hydrogens is 350 g/mol. The van der Waals surface area contributed by atoms with Gasteiger partial charge in [0.2, 0.25) is 5.91 Å². The Hall–Kier alpha value is -2.15. The number of sulfone groups is 1. The van der Waals surface area contributed by atoms with Crippen molar-refractivity contribution < 1.29 is 13.2 Å². The molecule has 1 aliphatic rings. The molecule has 0 bridgehead atoms. The molecule has 1 aromatic carbocycles. The number of rotatable bonds is 5. The molecule has 0 unspecified atom stereocenters. The largest absolute Gasteiger partial charge is 0.341 e. The summed E-state index contributed by atoms with van der Waals surface area (Å²) >= 11 is 0. The summed E-state index contributed by atoms with van der Waals surface area (Å²) in [6.07, 6.45) is 0.882. The Bertz CT molecular complexity index is 904. The summed E-state index contributed by atoms with van der Waals surface area (Å²) in [5.41, 5.74) is 3.93. The SMILES string of the molecule is Cc1nn(-c2ccccc2)c(C)c1CN(C)C(=O)C[C@@H]1CCS(=O)(=O)C1. The van der Waals surface area contributed by atoms with Gasteiger partial charge in [-0.25, -0.2) is 13.1 Å². The second-order valence-corrected chi connectivity index (χ2v) is 9.35. The third kappa shape index (κ3) is 3.98. The molecule has 2 aromatic rings. The molecule has 26 heavy (non-hydrogen) atoms. The Kier molecular flexibility index (Phi) is 5.18. The Morgan fingerprint density at radius 1 is 1.27 bits per heavy atom. The minimum absolute atomic E-state index is 0.0154. The molecule has 0 aliphatic carbocycles. The number of aryl methyl sites for hydroxylation is 1. The standard InChI is InChI=1S/C19H25N3O3S/c1-14-18(15(2)22(20-14)17-7-5-4-6-8-17)12-21(3)19(23)11-16-9-10-26(24,25)13-16/h4-8,16H,9-13H2,1-3H3/t16-/m0/s1. The van der Waals surface area contributed by atoms with Gasteiger partial charge in [-0.2, -0.15) is 5.10 Å². The van der Waals surface area contributed by atoms with Crippen LogP contribution >= 0.6 is 0 Å². The maximum absolute atomic E-state index is 12.5. The average molecular weight is 375 g/mol. The van der Waals surface area contributed by atoms with E-state index < -0.39 is 9.84 Å². The lowest BCUT2D eigenvalue weighted by atomic mass is 10.0. The second kappa shape index (κ2) is 7.23. The van der Waals surface area contributed by atoms with Crippen LogP contribution in [0, 0.1) is 19.8 Å². The Labute approximate surface area is 154 Å². The van der Waals surface area contributed by atoms with Gasteiger partial charge in [-0.15, -0.1) is 0 Å². The molecule has 1 saturated heterocycles. The van der Waals surface area contributed by atoms with Crippen LogP contribution in [0.2, 0.25) is 0 Å². The van der Waals surface area contributed by atoms with Crippen molar-refractivity contribution >= 4 is 15.7 Å². The monoisotopic (exact) mass is 375 g/mol. The molecule has 2 heterocycles. The smallest absolute Gasteiger partial charge is 0.222 e. The summed E-state index contributed by atoms with van der Waals surface area (Å²) < 4.78 is 25.0. The van der Waals surface area contributed by atoms with Gasteiger partial charge in [0.15, 0.2) is 9.84 Å². The van der Waals surface area contributed by atoms with E-state index in [1.807, 2.05) is 48.9 Å². The van der Waals surface area contributed by atoms with Gasteiger partial charge in [0.1, 0.15) is 0 Å². The fourth-order valence-electron chi connectivity index (χ4n) is 3.49. The van der Waals surface area contributed by atoms with Gasteiger partial charge in [-0.05, 0) is 38.3 Å². The zero-order valence-electron chi connectivity index (χ0n) is 15.5. The van der Waals surface area contributed by atoms with E-state index in [0.717, 1.165) is 22.6 Å². The van der Waals surface area contributed by atoms with Crippen molar-refractivity contribution in [3.05, 3.63) is 47.3 Å². The van der Waals surface area contributed by atoms with E-state index in [2.05, 4.69) is 5.10 Å². The summed E-state index contributed by atoms with van der Waals surface area (Å²) in [4.78, 5) is 14.2. The van der Waals surface area contributed by atoms with Crippen molar-refractivity contribution in [1.82, 2.24) is 14.7 Å². The van der Waals surface area contributed by atoms with Crippen molar-refractivity contribution in [2.75, 3.05) is 18.6 Å². The fourth-order valence-corrected chi connectivity index (χ4v) is 5.35. The molecule has 0 saturated carbocycles. The topological polar surface area (TPSA) is 72.3 Å². The maximum atomic E-state index is 12.5. The van der Waals surface area contributed by atoms with Crippen LogP contribution in [0.1, 0.15) is 29.8 Å². The number of carbonyl (C=O) groups excluding carboxylic acids is 1. The first-order chi connectivity index (χ1) is 12.3. The molecule has 6 nitrogen and oxygen atoms in total. The van der Waals surface area contributed by atoms with Crippen LogP contribution < -0.4 is 0 Å². The highest BCUT2D eigenvalue weighted by molar-refractivity contribution is 7.91. The van der Waals surface area contributed by atoms with E-state index in [1.54, 1.807) is 11.9 Å². The number of nitrogens with zero attached hydrogens (tertiary/aromatic N) is 3. The lowest BCUT2D eigenvalue weighted by molar-refractivity contribution is -0.131. The Morgan fingerprint density at radius 2 is 1.96 bits per heavy atom. The first-order valence-electron chi connectivity index (χ1n) is 8.82. The average Bonchev–Trinajstić information content (AvgIpc) is 3.08. The van der Waals surface area contributed by atoms with Crippen molar-refractivity contribution in [2.24, 2.45) is 5.92 Å². The lowest BCUT2D eigenvalue weighted by Gasteiger charge is -2.19. The highest BCUT2D eigenvalue weighted by atomic mass is 32.2. The van der Waals surface area contributed by atoms with E-state index in [0.29, 0.717) is 19.4 Å². The third-order valence-electron chi connectivity index (χ3n) is 5.05. The number of hydrogen-bond acceptors (Lipinski definition) is 4.